The third-order valence-corrected chi connectivity index (χ3v) is 2.51. The van der Waals surface area contributed by atoms with Crippen molar-refractivity contribution in [2.24, 2.45) is 5.73 Å². The molecule has 96 valence electrons. The molecule has 0 bridgehead atoms. The molecule has 1 atom stereocenters. The molecule has 0 aliphatic carbocycles. The molecule has 0 aromatic heterocycles. The normalized spacial score (nSPS) is 12.4. The Balaban J connectivity index is 2.30. The fourth-order valence-corrected chi connectivity index (χ4v) is 1.40. The lowest BCUT2D eigenvalue weighted by Crippen LogP contribution is -2.21. The number of benzene rings is 1. The van der Waals surface area contributed by atoms with Crippen LogP contribution < -0.4 is 10.5 Å². The Hall–Kier alpha value is -1.10. The second-order valence-corrected chi connectivity index (χ2v) is 3.91. The third kappa shape index (κ3) is 5.68. The van der Waals surface area contributed by atoms with Crippen LogP contribution in [0.4, 0.5) is 0 Å². The van der Waals surface area contributed by atoms with Gasteiger partial charge in [0.05, 0.1) is 19.3 Å². The maximum atomic E-state index is 9.26. The average Bonchev–Trinajstić information content (AvgIpc) is 2.37. The zero-order chi connectivity index (χ0) is 12.5. The summed E-state index contributed by atoms with van der Waals surface area (Å²) in [6.45, 7) is 1.48. The molecular formula is C13H21NO3. The van der Waals surface area contributed by atoms with Crippen molar-refractivity contribution < 1.29 is 14.6 Å². The van der Waals surface area contributed by atoms with E-state index in [9.17, 15) is 5.11 Å². The molecule has 0 amide bonds. The molecule has 0 fully saturated rings. The third-order valence-electron chi connectivity index (χ3n) is 2.51. The molecule has 0 aliphatic heterocycles. The summed E-state index contributed by atoms with van der Waals surface area (Å²) in [4.78, 5) is 0. The van der Waals surface area contributed by atoms with E-state index < -0.39 is 6.10 Å². The summed E-state index contributed by atoms with van der Waals surface area (Å²) >= 11 is 0. The Morgan fingerprint density at radius 3 is 2.53 bits per heavy atom. The van der Waals surface area contributed by atoms with Gasteiger partial charge in [0.25, 0.3) is 0 Å². The van der Waals surface area contributed by atoms with Crippen LogP contribution in [0.1, 0.15) is 12.0 Å². The molecule has 4 nitrogen and oxygen atoms in total. The molecule has 0 spiro atoms. The average molecular weight is 239 g/mol. The van der Waals surface area contributed by atoms with Crippen molar-refractivity contribution in [2.45, 2.75) is 18.9 Å². The molecule has 0 radical (unpaired) electrons. The zero-order valence-electron chi connectivity index (χ0n) is 10.3. The van der Waals surface area contributed by atoms with E-state index in [1.165, 1.54) is 5.56 Å². The van der Waals surface area contributed by atoms with Gasteiger partial charge in [-0.1, -0.05) is 12.1 Å². The van der Waals surface area contributed by atoms with E-state index in [0.717, 1.165) is 18.8 Å². The number of aliphatic hydroxyl groups excluding tert-OH is 1. The minimum absolute atomic E-state index is 0.277. The maximum Gasteiger partial charge on any atom is 0.119 e. The molecule has 17 heavy (non-hydrogen) atoms. The van der Waals surface area contributed by atoms with Gasteiger partial charge in [0, 0.05) is 20.1 Å². The van der Waals surface area contributed by atoms with Crippen LogP contribution in [0.2, 0.25) is 0 Å². The first-order chi connectivity index (χ1) is 8.26. The largest absolute Gasteiger partial charge is 0.493 e. The smallest absolute Gasteiger partial charge is 0.119 e. The van der Waals surface area contributed by atoms with E-state index in [1.807, 2.05) is 24.3 Å². The Morgan fingerprint density at radius 1 is 1.24 bits per heavy atom. The minimum Gasteiger partial charge on any atom is -0.493 e. The molecular weight excluding hydrogens is 218 g/mol. The van der Waals surface area contributed by atoms with Gasteiger partial charge in [-0.05, 0) is 24.1 Å². The number of nitrogens with two attached hydrogens (primary N) is 1. The summed E-state index contributed by atoms with van der Waals surface area (Å²) in [5.74, 6) is 0.815. The summed E-state index contributed by atoms with van der Waals surface area (Å²) in [7, 11) is 1.69. The number of aliphatic hydroxyl groups is 1. The number of methoxy groups -OCH3 is 1. The van der Waals surface area contributed by atoms with Crippen molar-refractivity contribution in [1.82, 2.24) is 0 Å². The predicted octanol–water partition coefficient (Wildman–Crippen LogP) is 0.964. The Morgan fingerprint density at radius 2 is 1.94 bits per heavy atom. The van der Waals surface area contributed by atoms with Gasteiger partial charge < -0.3 is 20.3 Å². The summed E-state index contributed by atoms with van der Waals surface area (Å²) in [6.07, 6.45) is 0.987. The molecule has 0 aliphatic rings. The fraction of sp³-hybridized carbons (Fsp3) is 0.538. The zero-order valence-corrected chi connectivity index (χ0v) is 10.3. The Labute approximate surface area is 102 Å². The standard InChI is InChI=1S/C13H21NO3/c1-16-8-6-11-2-4-13(5-3-11)17-9-7-12(15)10-14/h2-5,12,15H,6-10,14H2,1H3. The first-order valence-corrected chi connectivity index (χ1v) is 5.85. The van der Waals surface area contributed by atoms with Crippen LogP contribution in [0.5, 0.6) is 5.75 Å². The monoisotopic (exact) mass is 239 g/mol. The maximum absolute atomic E-state index is 9.26. The highest BCUT2D eigenvalue weighted by Gasteiger charge is 2.01. The highest BCUT2D eigenvalue weighted by atomic mass is 16.5. The van der Waals surface area contributed by atoms with E-state index in [2.05, 4.69) is 0 Å². The number of ether oxygens (including phenoxy) is 2. The van der Waals surface area contributed by atoms with Crippen molar-refractivity contribution in [3.05, 3.63) is 29.8 Å². The number of hydrogen-bond acceptors (Lipinski definition) is 4. The van der Waals surface area contributed by atoms with Gasteiger partial charge in [-0.15, -0.1) is 0 Å². The lowest BCUT2D eigenvalue weighted by atomic mass is 10.1. The summed E-state index contributed by atoms with van der Waals surface area (Å²) in [5, 5.41) is 9.26. The SMILES string of the molecule is COCCc1ccc(OCCC(O)CN)cc1. The van der Waals surface area contributed by atoms with Gasteiger partial charge in [-0.25, -0.2) is 0 Å². The number of hydrogen-bond donors (Lipinski definition) is 2. The van der Waals surface area contributed by atoms with E-state index >= 15 is 0 Å². The van der Waals surface area contributed by atoms with Crippen molar-refractivity contribution in [2.75, 3.05) is 26.9 Å². The fourth-order valence-electron chi connectivity index (χ4n) is 1.40. The molecule has 1 unspecified atom stereocenters. The summed E-state index contributed by atoms with van der Waals surface area (Å²) in [6, 6.07) is 7.90. The summed E-state index contributed by atoms with van der Waals surface area (Å²) in [5.41, 5.74) is 6.52. The van der Waals surface area contributed by atoms with Crippen LogP contribution >= 0.6 is 0 Å². The van der Waals surface area contributed by atoms with Gasteiger partial charge in [-0.3, -0.25) is 0 Å². The van der Waals surface area contributed by atoms with Crippen LogP contribution in [0.15, 0.2) is 24.3 Å². The van der Waals surface area contributed by atoms with Gasteiger partial charge in [0.1, 0.15) is 5.75 Å². The lowest BCUT2D eigenvalue weighted by Gasteiger charge is -2.09. The molecule has 3 N–H and O–H groups in total. The van der Waals surface area contributed by atoms with E-state index in [4.69, 9.17) is 15.2 Å². The lowest BCUT2D eigenvalue weighted by molar-refractivity contribution is 0.146. The number of rotatable bonds is 8. The van der Waals surface area contributed by atoms with Crippen LogP contribution in [0.3, 0.4) is 0 Å². The first-order valence-electron chi connectivity index (χ1n) is 5.85. The van der Waals surface area contributed by atoms with E-state index in [1.54, 1.807) is 7.11 Å². The van der Waals surface area contributed by atoms with Crippen LogP contribution in [0.25, 0.3) is 0 Å². The van der Waals surface area contributed by atoms with Gasteiger partial charge in [0.2, 0.25) is 0 Å². The Bertz CT molecular complexity index is 300. The van der Waals surface area contributed by atoms with Crippen molar-refractivity contribution in [1.29, 1.82) is 0 Å². The second-order valence-electron chi connectivity index (χ2n) is 3.91. The topological polar surface area (TPSA) is 64.7 Å². The van der Waals surface area contributed by atoms with Gasteiger partial charge >= 0.3 is 0 Å². The van der Waals surface area contributed by atoms with Crippen LogP contribution in [-0.2, 0) is 11.2 Å². The second kappa shape index (κ2) is 8.06. The van der Waals surface area contributed by atoms with Crippen LogP contribution in [0, 0.1) is 0 Å². The minimum atomic E-state index is -0.476. The summed E-state index contributed by atoms with van der Waals surface area (Å²) < 4.78 is 10.5. The van der Waals surface area contributed by atoms with Crippen molar-refractivity contribution in [3.8, 4) is 5.75 Å². The van der Waals surface area contributed by atoms with Crippen molar-refractivity contribution >= 4 is 0 Å². The highest BCUT2D eigenvalue weighted by molar-refractivity contribution is 5.27. The van der Waals surface area contributed by atoms with E-state index in [0.29, 0.717) is 13.0 Å². The first kappa shape index (κ1) is 14.0. The van der Waals surface area contributed by atoms with Crippen LogP contribution in [-0.4, -0.2) is 38.1 Å². The van der Waals surface area contributed by atoms with E-state index in [-0.39, 0.29) is 6.54 Å². The molecule has 1 aromatic carbocycles. The van der Waals surface area contributed by atoms with Crippen molar-refractivity contribution in [3.63, 3.8) is 0 Å². The predicted molar refractivity (Wildman–Crippen MR) is 67.2 cm³/mol. The van der Waals surface area contributed by atoms with Gasteiger partial charge in [0.15, 0.2) is 0 Å². The highest BCUT2D eigenvalue weighted by Crippen LogP contribution is 2.13. The molecule has 1 aromatic rings. The molecule has 1 rings (SSSR count). The quantitative estimate of drug-likeness (QED) is 0.709. The Kier molecular flexibility index (Phi) is 6.62. The molecule has 0 saturated heterocycles. The molecule has 0 heterocycles. The van der Waals surface area contributed by atoms with Gasteiger partial charge in [-0.2, -0.15) is 0 Å². The molecule has 0 saturated carbocycles. The molecule has 4 heteroatoms.